The summed E-state index contributed by atoms with van der Waals surface area (Å²) in [5, 5.41) is 13.2. The van der Waals surface area contributed by atoms with Gasteiger partial charge in [-0.1, -0.05) is 54.6 Å². The number of likely N-dealkylation sites (tertiary alicyclic amines) is 1. The number of aliphatic hydroxyl groups excluding tert-OH is 1. The van der Waals surface area contributed by atoms with Gasteiger partial charge >= 0.3 is 0 Å². The summed E-state index contributed by atoms with van der Waals surface area (Å²) in [7, 11) is 5.37. The standard InChI is InChI=1S/C26H26N2O4/c1-27(2)14-15-28-23(21-13-7-9-17-8-4-5-12-20(17)21)22(25(30)26(28)31)24(29)18-10-6-11-19(16-18)32-3/h4-13,16,23,29H,14-15H2,1-3H3/b24-22-. The molecule has 3 aromatic carbocycles. The van der Waals surface area contributed by atoms with Gasteiger partial charge in [0.2, 0.25) is 0 Å². The molecule has 4 rings (SSSR count). The minimum Gasteiger partial charge on any atom is -0.507 e. The lowest BCUT2D eigenvalue weighted by atomic mass is 9.91. The number of likely N-dealkylation sites (N-methyl/N-ethyl adjacent to an activating group) is 1. The maximum Gasteiger partial charge on any atom is 0.295 e. The zero-order valence-corrected chi connectivity index (χ0v) is 18.4. The third-order valence-corrected chi connectivity index (χ3v) is 5.79. The van der Waals surface area contributed by atoms with Crippen molar-refractivity contribution in [2.24, 2.45) is 0 Å². The highest BCUT2D eigenvalue weighted by Crippen LogP contribution is 2.41. The quantitative estimate of drug-likeness (QED) is 0.366. The molecule has 1 atom stereocenters. The Bertz CT molecular complexity index is 1210. The topological polar surface area (TPSA) is 70.1 Å². The summed E-state index contributed by atoms with van der Waals surface area (Å²) in [6.07, 6.45) is 0. The Morgan fingerprint density at radius 2 is 1.75 bits per heavy atom. The van der Waals surface area contributed by atoms with Gasteiger partial charge in [0.25, 0.3) is 11.7 Å². The zero-order valence-electron chi connectivity index (χ0n) is 18.4. The molecule has 1 aliphatic heterocycles. The van der Waals surface area contributed by atoms with Gasteiger partial charge in [-0.15, -0.1) is 0 Å². The summed E-state index contributed by atoms with van der Waals surface area (Å²) in [4.78, 5) is 29.8. The van der Waals surface area contributed by atoms with Crippen LogP contribution in [0.15, 0.2) is 72.3 Å². The molecule has 3 aromatic rings. The van der Waals surface area contributed by atoms with Gasteiger partial charge in [-0.2, -0.15) is 0 Å². The minimum absolute atomic E-state index is 0.0957. The van der Waals surface area contributed by atoms with Crippen LogP contribution in [0.3, 0.4) is 0 Å². The summed E-state index contributed by atoms with van der Waals surface area (Å²) >= 11 is 0. The summed E-state index contributed by atoms with van der Waals surface area (Å²) in [6, 6.07) is 19.8. The van der Waals surface area contributed by atoms with E-state index < -0.39 is 17.7 Å². The van der Waals surface area contributed by atoms with E-state index in [-0.39, 0.29) is 11.3 Å². The highest BCUT2D eigenvalue weighted by molar-refractivity contribution is 6.46. The van der Waals surface area contributed by atoms with Crippen molar-refractivity contribution in [3.63, 3.8) is 0 Å². The first-order valence-electron chi connectivity index (χ1n) is 10.5. The molecule has 1 amide bonds. The SMILES string of the molecule is COc1cccc(/C(O)=C2/C(=O)C(=O)N(CCN(C)C)C2c2cccc3ccccc23)c1. The molecule has 32 heavy (non-hydrogen) atoms. The van der Waals surface area contributed by atoms with Gasteiger partial charge < -0.3 is 19.6 Å². The highest BCUT2D eigenvalue weighted by Gasteiger charge is 2.46. The maximum atomic E-state index is 13.2. The monoisotopic (exact) mass is 430 g/mol. The van der Waals surface area contributed by atoms with Crippen molar-refractivity contribution in [3.05, 3.63) is 83.4 Å². The molecule has 6 heteroatoms. The van der Waals surface area contributed by atoms with Crippen LogP contribution in [0.1, 0.15) is 17.2 Å². The molecule has 6 nitrogen and oxygen atoms in total. The first-order chi connectivity index (χ1) is 15.4. The van der Waals surface area contributed by atoms with E-state index in [0.717, 1.165) is 16.3 Å². The molecule has 0 radical (unpaired) electrons. The van der Waals surface area contributed by atoms with E-state index in [4.69, 9.17) is 4.74 Å². The lowest BCUT2D eigenvalue weighted by Crippen LogP contribution is -2.35. The molecule has 1 aliphatic rings. The molecule has 0 saturated carbocycles. The molecule has 164 valence electrons. The molecule has 1 unspecified atom stereocenters. The number of hydrogen-bond acceptors (Lipinski definition) is 5. The Balaban J connectivity index is 1.94. The molecule has 0 aliphatic carbocycles. The van der Waals surface area contributed by atoms with Crippen LogP contribution >= 0.6 is 0 Å². The van der Waals surface area contributed by atoms with E-state index in [0.29, 0.717) is 24.4 Å². The van der Waals surface area contributed by atoms with Gasteiger partial charge in [-0.25, -0.2) is 0 Å². The van der Waals surface area contributed by atoms with Crippen molar-refractivity contribution < 1.29 is 19.4 Å². The Labute approximate surface area is 187 Å². The van der Waals surface area contributed by atoms with Crippen molar-refractivity contribution in [1.82, 2.24) is 9.80 Å². The number of ketones is 1. The molecule has 0 bridgehead atoms. The van der Waals surface area contributed by atoms with Crippen molar-refractivity contribution in [1.29, 1.82) is 0 Å². The largest absolute Gasteiger partial charge is 0.507 e. The van der Waals surface area contributed by atoms with Crippen LogP contribution in [0, 0.1) is 0 Å². The molecule has 1 heterocycles. The lowest BCUT2D eigenvalue weighted by molar-refractivity contribution is -0.140. The Hall–Kier alpha value is -3.64. The van der Waals surface area contributed by atoms with Gasteiger partial charge in [0.1, 0.15) is 11.5 Å². The van der Waals surface area contributed by atoms with Crippen LogP contribution in [0.25, 0.3) is 16.5 Å². The van der Waals surface area contributed by atoms with E-state index >= 15 is 0 Å². The molecule has 0 aromatic heterocycles. The van der Waals surface area contributed by atoms with Gasteiger partial charge in [0.15, 0.2) is 0 Å². The summed E-state index contributed by atoms with van der Waals surface area (Å²) in [5.41, 5.74) is 1.34. The average Bonchev–Trinajstić information content (AvgIpc) is 3.06. The van der Waals surface area contributed by atoms with Crippen LogP contribution in [-0.4, -0.2) is 60.9 Å². The Kier molecular flexibility index (Phi) is 5.97. The molecule has 0 spiro atoms. The maximum absolute atomic E-state index is 13.2. The number of carbonyl (C=O) groups excluding carboxylic acids is 2. The van der Waals surface area contributed by atoms with Gasteiger partial charge in [0, 0.05) is 18.7 Å². The van der Waals surface area contributed by atoms with E-state index in [2.05, 4.69) is 0 Å². The fourth-order valence-corrected chi connectivity index (χ4v) is 4.16. The fraction of sp³-hybridized carbons (Fsp3) is 0.231. The summed E-state index contributed by atoms with van der Waals surface area (Å²) in [5.74, 6) is -0.929. The molecular formula is C26H26N2O4. The second-order valence-electron chi connectivity index (χ2n) is 8.10. The lowest BCUT2D eigenvalue weighted by Gasteiger charge is -2.27. The van der Waals surface area contributed by atoms with Crippen LogP contribution in [0.4, 0.5) is 0 Å². The average molecular weight is 431 g/mol. The Morgan fingerprint density at radius 3 is 2.50 bits per heavy atom. The zero-order chi connectivity index (χ0) is 22.8. The van der Waals surface area contributed by atoms with Crippen molar-refractivity contribution in [2.75, 3.05) is 34.3 Å². The van der Waals surface area contributed by atoms with Crippen molar-refractivity contribution in [2.45, 2.75) is 6.04 Å². The number of fused-ring (bicyclic) bond motifs is 1. The number of Topliss-reactive ketones (excluding diaryl/α,β-unsaturated/α-hetero) is 1. The minimum atomic E-state index is -0.688. The predicted octanol–water partition coefficient (Wildman–Crippen LogP) is 3.83. The van der Waals surface area contributed by atoms with Crippen LogP contribution < -0.4 is 4.74 Å². The summed E-state index contributed by atoms with van der Waals surface area (Å²) < 4.78 is 5.27. The van der Waals surface area contributed by atoms with Gasteiger partial charge in [-0.3, -0.25) is 9.59 Å². The summed E-state index contributed by atoms with van der Waals surface area (Å²) in [6.45, 7) is 0.952. The first-order valence-corrected chi connectivity index (χ1v) is 10.5. The first kappa shape index (κ1) is 21.6. The fourth-order valence-electron chi connectivity index (χ4n) is 4.16. The van der Waals surface area contributed by atoms with Crippen molar-refractivity contribution in [3.8, 4) is 5.75 Å². The van der Waals surface area contributed by atoms with Crippen LogP contribution in [0.5, 0.6) is 5.75 Å². The molecule has 1 fully saturated rings. The Morgan fingerprint density at radius 1 is 1.03 bits per heavy atom. The molecule has 1 N–H and O–H groups in total. The normalized spacial score (nSPS) is 18.0. The predicted molar refractivity (Wildman–Crippen MR) is 125 cm³/mol. The molecule has 1 saturated heterocycles. The number of rotatable bonds is 6. The van der Waals surface area contributed by atoms with E-state index in [9.17, 15) is 14.7 Å². The number of benzene rings is 3. The number of hydrogen-bond donors (Lipinski definition) is 1. The highest BCUT2D eigenvalue weighted by atomic mass is 16.5. The van der Waals surface area contributed by atoms with E-state index in [1.54, 1.807) is 29.2 Å². The number of ether oxygens (including phenoxy) is 1. The van der Waals surface area contributed by atoms with Gasteiger partial charge in [-0.05, 0) is 42.6 Å². The second-order valence-corrected chi connectivity index (χ2v) is 8.10. The number of carbonyl (C=O) groups is 2. The van der Waals surface area contributed by atoms with E-state index in [1.807, 2.05) is 61.5 Å². The number of amides is 1. The smallest absolute Gasteiger partial charge is 0.295 e. The number of methoxy groups -OCH3 is 1. The van der Waals surface area contributed by atoms with Crippen LogP contribution in [0.2, 0.25) is 0 Å². The van der Waals surface area contributed by atoms with Crippen LogP contribution in [-0.2, 0) is 9.59 Å². The second kappa shape index (κ2) is 8.85. The molecular weight excluding hydrogens is 404 g/mol. The third kappa shape index (κ3) is 3.85. The number of nitrogens with zero attached hydrogens (tertiary/aromatic N) is 2. The van der Waals surface area contributed by atoms with E-state index in [1.165, 1.54) is 7.11 Å². The number of aliphatic hydroxyl groups is 1. The third-order valence-electron chi connectivity index (χ3n) is 5.79. The van der Waals surface area contributed by atoms with Gasteiger partial charge in [0.05, 0.1) is 18.7 Å². The van der Waals surface area contributed by atoms with Crippen molar-refractivity contribution >= 4 is 28.2 Å².